The SMILES string of the molecule is C[C@H](NC(=O)N[C@@H](C)c1nncn1C)c1ccc(C(F)(F)F)cc1. The van der Waals surface area contributed by atoms with Crippen molar-refractivity contribution >= 4 is 6.03 Å². The van der Waals surface area contributed by atoms with Crippen LogP contribution in [0.25, 0.3) is 0 Å². The van der Waals surface area contributed by atoms with E-state index in [0.29, 0.717) is 11.4 Å². The zero-order chi connectivity index (χ0) is 17.9. The maximum absolute atomic E-state index is 12.5. The molecule has 2 rings (SSSR count). The summed E-state index contributed by atoms with van der Waals surface area (Å²) in [6, 6.07) is 3.43. The van der Waals surface area contributed by atoms with Crippen molar-refractivity contribution in [1.29, 1.82) is 0 Å². The monoisotopic (exact) mass is 341 g/mol. The second-order valence-corrected chi connectivity index (χ2v) is 5.48. The summed E-state index contributed by atoms with van der Waals surface area (Å²) in [5.74, 6) is 0.590. The normalized spacial score (nSPS) is 14.1. The summed E-state index contributed by atoms with van der Waals surface area (Å²) >= 11 is 0. The van der Waals surface area contributed by atoms with Gasteiger partial charge in [0.25, 0.3) is 0 Å². The van der Waals surface area contributed by atoms with Crippen molar-refractivity contribution in [3.05, 3.63) is 47.5 Å². The number of aromatic nitrogens is 3. The van der Waals surface area contributed by atoms with E-state index >= 15 is 0 Å². The first-order valence-corrected chi connectivity index (χ1v) is 7.26. The Balaban J connectivity index is 1.95. The molecule has 0 saturated heterocycles. The fourth-order valence-corrected chi connectivity index (χ4v) is 2.23. The van der Waals surface area contributed by atoms with Crippen LogP contribution in [0.5, 0.6) is 0 Å². The van der Waals surface area contributed by atoms with Crippen molar-refractivity contribution in [3.8, 4) is 0 Å². The Kier molecular flexibility index (Phi) is 5.10. The molecule has 9 heteroatoms. The van der Waals surface area contributed by atoms with E-state index in [2.05, 4.69) is 20.8 Å². The Labute approximate surface area is 137 Å². The third-order valence-electron chi connectivity index (χ3n) is 3.57. The molecule has 2 atom stereocenters. The molecule has 0 bridgehead atoms. The first kappa shape index (κ1) is 17.8. The second-order valence-electron chi connectivity index (χ2n) is 5.48. The number of carbonyl (C=O) groups excluding carboxylic acids is 1. The number of hydrogen-bond donors (Lipinski definition) is 2. The number of hydrogen-bond acceptors (Lipinski definition) is 3. The number of aryl methyl sites for hydroxylation is 1. The van der Waals surface area contributed by atoms with Crippen molar-refractivity contribution in [2.45, 2.75) is 32.1 Å². The first-order valence-electron chi connectivity index (χ1n) is 7.26. The van der Waals surface area contributed by atoms with Gasteiger partial charge in [0.15, 0.2) is 5.82 Å². The lowest BCUT2D eigenvalue weighted by molar-refractivity contribution is -0.137. The molecule has 24 heavy (non-hydrogen) atoms. The topological polar surface area (TPSA) is 71.8 Å². The lowest BCUT2D eigenvalue weighted by Gasteiger charge is -2.18. The molecule has 0 unspecified atom stereocenters. The summed E-state index contributed by atoms with van der Waals surface area (Å²) in [6.45, 7) is 3.45. The van der Waals surface area contributed by atoms with Crippen LogP contribution >= 0.6 is 0 Å². The van der Waals surface area contributed by atoms with E-state index < -0.39 is 23.8 Å². The average molecular weight is 341 g/mol. The lowest BCUT2D eigenvalue weighted by atomic mass is 10.1. The number of halogens is 3. The molecule has 2 amide bonds. The van der Waals surface area contributed by atoms with Crippen LogP contribution in [0.3, 0.4) is 0 Å². The fourth-order valence-electron chi connectivity index (χ4n) is 2.23. The van der Waals surface area contributed by atoms with Gasteiger partial charge in [-0.15, -0.1) is 10.2 Å². The molecule has 1 aromatic carbocycles. The van der Waals surface area contributed by atoms with Gasteiger partial charge in [-0.2, -0.15) is 13.2 Å². The predicted molar refractivity (Wildman–Crippen MR) is 80.9 cm³/mol. The molecule has 0 saturated carbocycles. The minimum Gasteiger partial charge on any atom is -0.332 e. The van der Waals surface area contributed by atoms with Gasteiger partial charge in [0.2, 0.25) is 0 Å². The molecule has 0 aliphatic heterocycles. The Bertz CT molecular complexity index is 696. The molecule has 1 heterocycles. The molecule has 0 radical (unpaired) electrons. The summed E-state index contributed by atoms with van der Waals surface area (Å²) in [7, 11) is 1.76. The zero-order valence-electron chi connectivity index (χ0n) is 13.4. The quantitative estimate of drug-likeness (QED) is 0.898. The Morgan fingerprint density at radius 1 is 1.12 bits per heavy atom. The van der Waals surface area contributed by atoms with Gasteiger partial charge < -0.3 is 15.2 Å². The number of rotatable bonds is 4. The van der Waals surface area contributed by atoms with Crippen LogP contribution in [0, 0.1) is 0 Å². The summed E-state index contributed by atoms with van der Waals surface area (Å²) in [4.78, 5) is 12.0. The Hall–Kier alpha value is -2.58. The molecule has 6 nitrogen and oxygen atoms in total. The number of amides is 2. The van der Waals surface area contributed by atoms with Gasteiger partial charge in [0, 0.05) is 7.05 Å². The van der Waals surface area contributed by atoms with Crippen molar-refractivity contribution < 1.29 is 18.0 Å². The number of nitrogens with zero attached hydrogens (tertiary/aromatic N) is 3. The average Bonchev–Trinajstić information content (AvgIpc) is 2.92. The number of alkyl halides is 3. The van der Waals surface area contributed by atoms with E-state index in [1.165, 1.54) is 18.5 Å². The van der Waals surface area contributed by atoms with Gasteiger partial charge >= 0.3 is 12.2 Å². The van der Waals surface area contributed by atoms with Crippen LogP contribution in [0.15, 0.2) is 30.6 Å². The van der Waals surface area contributed by atoms with Gasteiger partial charge in [-0.25, -0.2) is 4.79 Å². The van der Waals surface area contributed by atoms with Crippen LogP contribution in [-0.2, 0) is 13.2 Å². The minimum absolute atomic E-state index is 0.364. The van der Waals surface area contributed by atoms with Crippen LogP contribution in [0.4, 0.5) is 18.0 Å². The van der Waals surface area contributed by atoms with Crippen LogP contribution < -0.4 is 10.6 Å². The highest BCUT2D eigenvalue weighted by molar-refractivity contribution is 5.74. The molecular formula is C15H18F3N5O. The van der Waals surface area contributed by atoms with Gasteiger partial charge in [0.05, 0.1) is 17.6 Å². The summed E-state index contributed by atoms with van der Waals surface area (Å²) < 4.78 is 39.3. The van der Waals surface area contributed by atoms with Gasteiger partial charge in [-0.05, 0) is 31.5 Å². The summed E-state index contributed by atoms with van der Waals surface area (Å²) in [6.07, 6.45) is -2.85. The number of benzene rings is 1. The number of carbonyl (C=O) groups is 1. The fraction of sp³-hybridized carbons (Fsp3) is 0.400. The van der Waals surface area contributed by atoms with Crippen molar-refractivity contribution in [2.24, 2.45) is 7.05 Å². The van der Waals surface area contributed by atoms with Gasteiger partial charge in [0.1, 0.15) is 6.33 Å². The van der Waals surface area contributed by atoms with E-state index in [9.17, 15) is 18.0 Å². The summed E-state index contributed by atoms with van der Waals surface area (Å²) in [5, 5.41) is 13.0. The Morgan fingerprint density at radius 2 is 1.71 bits per heavy atom. The first-order chi connectivity index (χ1) is 11.2. The minimum atomic E-state index is -4.38. The highest BCUT2D eigenvalue weighted by Gasteiger charge is 2.30. The van der Waals surface area contributed by atoms with E-state index in [4.69, 9.17) is 0 Å². The van der Waals surface area contributed by atoms with E-state index in [0.717, 1.165) is 12.1 Å². The highest BCUT2D eigenvalue weighted by atomic mass is 19.4. The third kappa shape index (κ3) is 4.24. The molecule has 0 aliphatic carbocycles. The maximum atomic E-state index is 12.5. The van der Waals surface area contributed by atoms with E-state index in [1.807, 2.05) is 0 Å². The predicted octanol–water partition coefficient (Wildman–Crippen LogP) is 2.96. The largest absolute Gasteiger partial charge is 0.416 e. The van der Waals surface area contributed by atoms with E-state index in [-0.39, 0.29) is 6.04 Å². The van der Waals surface area contributed by atoms with Crippen LogP contribution in [0.1, 0.15) is 42.9 Å². The smallest absolute Gasteiger partial charge is 0.332 e. The standard InChI is InChI=1S/C15H18F3N5O/c1-9(11-4-6-12(7-5-11)15(16,17)18)20-14(24)21-10(2)13-22-19-8-23(13)3/h4-10H,1-3H3,(H2,20,21,24)/t9-,10-/m0/s1. The third-order valence-corrected chi connectivity index (χ3v) is 3.57. The molecule has 2 aromatic rings. The van der Waals surface area contributed by atoms with E-state index in [1.54, 1.807) is 25.5 Å². The molecule has 130 valence electrons. The molecular weight excluding hydrogens is 323 g/mol. The highest BCUT2D eigenvalue weighted by Crippen LogP contribution is 2.29. The van der Waals surface area contributed by atoms with Gasteiger partial charge in [-0.3, -0.25) is 0 Å². The number of urea groups is 1. The molecule has 2 N–H and O–H groups in total. The second kappa shape index (κ2) is 6.90. The Morgan fingerprint density at radius 3 is 2.21 bits per heavy atom. The molecule has 1 aromatic heterocycles. The zero-order valence-corrected chi connectivity index (χ0v) is 13.4. The van der Waals surface area contributed by atoms with Gasteiger partial charge in [-0.1, -0.05) is 12.1 Å². The van der Waals surface area contributed by atoms with Crippen molar-refractivity contribution in [2.75, 3.05) is 0 Å². The summed E-state index contributed by atoms with van der Waals surface area (Å²) in [5.41, 5.74) is -0.150. The molecule has 0 aliphatic rings. The van der Waals surface area contributed by atoms with Crippen molar-refractivity contribution in [1.82, 2.24) is 25.4 Å². The maximum Gasteiger partial charge on any atom is 0.416 e. The molecule has 0 fully saturated rings. The van der Waals surface area contributed by atoms with Crippen LogP contribution in [-0.4, -0.2) is 20.8 Å². The lowest BCUT2D eigenvalue weighted by Crippen LogP contribution is -2.39. The van der Waals surface area contributed by atoms with Crippen molar-refractivity contribution in [3.63, 3.8) is 0 Å². The van der Waals surface area contributed by atoms with Crippen LogP contribution in [0.2, 0.25) is 0 Å². The molecule has 0 spiro atoms. The number of nitrogens with one attached hydrogen (secondary N) is 2.